The first-order valence-electron chi connectivity index (χ1n) is 15.3. The normalized spacial score (nSPS) is 36.5. The summed E-state index contributed by atoms with van der Waals surface area (Å²) in [5.74, 6) is -2.14. The zero-order chi connectivity index (χ0) is 33.8. The Morgan fingerprint density at radius 3 is 2.59 bits per heavy atom. The fourth-order valence-electron chi connectivity index (χ4n) is 8.68. The number of ketones is 2. The van der Waals surface area contributed by atoms with E-state index in [-0.39, 0.29) is 55.2 Å². The van der Waals surface area contributed by atoms with Crippen molar-refractivity contribution in [1.29, 1.82) is 0 Å². The Balaban J connectivity index is 0.000000200. The fraction of sp³-hybridized carbons (Fsp3) is 0.645. The number of aliphatic hydroxyl groups is 5. The van der Waals surface area contributed by atoms with Crippen LogP contribution in [0.1, 0.15) is 46.5 Å². The molecule has 14 nitrogen and oxygen atoms in total. The van der Waals surface area contributed by atoms with E-state index < -0.39 is 64.1 Å². The first-order valence-corrected chi connectivity index (χ1v) is 15.3. The van der Waals surface area contributed by atoms with Crippen molar-refractivity contribution in [3.63, 3.8) is 0 Å². The minimum absolute atomic E-state index is 0.00181. The number of aromatic amines is 1. The standard InChI is InChI=1S/C22H29FO5.C9H13N5O4/c1-12-8-16-15-5-4-13-9-14(25)6-7-19(13,2)21(15,23)17(26)10-20(16,3)22(12,28)18(27)11-24;10-9-12-7-6(8(17)13-9)11-3-14(7)4-18-5(1-15)2-16/h6-7,9,12,15-17,24,26,28H,4-5,8,10-11H2,1-3H3;3,5,15-16H,1-2,4H2,(H3,10,12,13,17)/t12-,15+,16+,17+,19+,20+,21+,22+;/m1./s1. The minimum atomic E-state index is -1.98. The van der Waals surface area contributed by atoms with Crippen molar-refractivity contribution in [2.75, 3.05) is 25.6 Å². The molecule has 0 bridgehead atoms. The molecule has 3 saturated carbocycles. The number of H-pyrrole nitrogens is 1. The number of nitrogen functional groups attached to an aromatic ring is 1. The molecule has 46 heavy (non-hydrogen) atoms. The monoisotopic (exact) mass is 647 g/mol. The van der Waals surface area contributed by atoms with Crippen molar-refractivity contribution < 1.29 is 44.2 Å². The maximum Gasteiger partial charge on any atom is 0.280 e. The van der Waals surface area contributed by atoms with Gasteiger partial charge >= 0.3 is 0 Å². The van der Waals surface area contributed by atoms with Crippen molar-refractivity contribution in [2.45, 2.75) is 76.7 Å². The second-order valence-electron chi connectivity index (χ2n) is 13.4. The van der Waals surface area contributed by atoms with Crippen LogP contribution in [0.3, 0.4) is 0 Å². The van der Waals surface area contributed by atoms with Gasteiger partial charge in [0.15, 0.2) is 28.4 Å². The predicted octanol–water partition coefficient (Wildman–Crippen LogP) is -0.0752. The Bertz CT molecular complexity index is 1640. The van der Waals surface area contributed by atoms with Gasteiger partial charge in [-0.05, 0) is 56.6 Å². The summed E-state index contributed by atoms with van der Waals surface area (Å²) >= 11 is 0. The predicted molar refractivity (Wildman–Crippen MR) is 162 cm³/mol. The van der Waals surface area contributed by atoms with Gasteiger partial charge < -0.3 is 36.0 Å². The first kappa shape index (κ1) is 34.0. The number of fused-ring (bicyclic) bond motifs is 6. The number of carbonyl (C=O) groups is 2. The number of ether oxygens (including phenoxy) is 1. The van der Waals surface area contributed by atoms with Crippen LogP contribution >= 0.6 is 0 Å². The number of rotatable bonds is 7. The number of carbonyl (C=O) groups excluding carboxylic acids is 2. The van der Waals surface area contributed by atoms with E-state index in [1.54, 1.807) is 26.8 Å². The lowest BCUT2D eigenvalue weighted by Crippen LogP contribution is -2.69. The Labute approximate surface area is 263 Å². The third-order valence-corrected chi connectivity index (χ3v) is 11.1. The number of alkyl halides is 1. The van der Waals surface area contributed by atoms with Crippen LogP contribution in [0.15, 0.2) is 34.9 Å². The van der Waals surface area contributed by atoms with Crippen molar-refractivity contribution in [3.8, 4) is 0 Å². The second-order valence-corrected chi connectivity index (χ2v) is 13.4. The summed E-state index contributed by atoms with van der Waals surface area (Å²) in [5.41, 5.74) is 0.264. The number of aromatic nitrogens is 4. The Kier molecular flexibility index (Phi) is 8.89. The first-order chi connectivity index (χ1) is 21.6. The smallest absolute Gasteiger partial charge is 0.280 e. The van der Waals surface area contributed by atoms with Gasteiger partial charge in [-0.15, -0.1) is 0 Å². The number of nitrogens with one attached hydrogen (secondary N) is 1. The number of halogens is 1. The highest BCUT2D eigenvalue weighted by atomic mass is 19.1. The minimum Gasteiger partial charge on any atom is -0.394 e. The molecule has 15 heteroatoms. The van der Waals surface area contributed by atoms with Crippen molar-refractivity contribution in [1.82, 2.24) is 19.5 Å². The van der Waals surface area contributed by atoms with E-state index >= 15 is 4.39 Å². The molecule has 0 spiro atoms. The van der Waals surface area contributed by atoms with Crippen LogP contribution in [-0.4, -0.2) is 99.9 Å². The maximum atomic E-state index is 16.9. The number of Topliss-reactive ketones (excluding diaryl/α,β-unsaturated/α-hetero) is 1. The van der Waals surface area contributed by atoms with Gasteiger partial charge in [0.1, 0.15) is 25.0 Å². The molecule has 4 aliphatic carbocycles. The Hall–Kier alpha value is -3.34. The summed E-state index contributed by atoms with van der Waals surface area (Å²) in [4.78, 5) is 46.0. The highest BCUT2D eigenvalue weighted by Crippen LogP contribution is 2.70. The number of aliphatic hydroxyl groups excluding tert-OH is 4. The number of hydrogen-bond acceptors (Lipinski definition) is 12. The lowest BCUT2D eigenvalue weighted by Gasteiger charge is -2.62. The molecule has 252 valence electrons. The van der Waals surface area contributed by atoms with Crippen molar-refractivity contribution in [2.24, 2.45) is 28.6 Å². The molecule has 0 aliphatic heterocycles. The van der Waals surface area contributed by atoms with Gasteiger partial charge in [-0.2, -0.15) is 4.98 Å². The van der Waals surface area contributed by atoms with Crippen LogP contribution < -0.4 is 11.3 Å². The van der Waals surface area contributed by atoms with Gasteiger partial charge in [-0.1, -0.05) is 25.5 Å². The summed E-state index contributed by atoms with van der Waals surface area (Å²) in [5, 5.41) is 49.7. The summed E-state index contributed by atoms with van der Waals surface area (Å²) < 4.78 is 23.5. The van der Waals surface area contributed by atoms with Crippen molar-refractivity contribution in [3.05, 3.63) is 40.5 Å². The Morgan fingerprint density at radius 2 is 1.93 bits per heavy atom. The molecule has 8 atom stereocenters. The molecule has 0 aromatic carbocycles. The Morgan fingerprint density at radius 1 is 1.24 bits per heavy atom. The lowest BCUT2D eigenvalue weighted by atomic mass is 9.44. The molecular formula is C31H42FN5O9. The molecule has 0 unspecified atom stereocenters. The molecule has 0 saturated heterocycles. The van der Waals surface area contributed by atoms with Gasteiger partial charge in [0.25, 0.3) is 5.56 Å². The maximum absolute atomic E-state index is 16.9. The summed E-state index contributed by atoms with van der Waals surface area (Å²) in [6.45, 7) is 3.87. The SMILES string of the molecule is C[C@@H]1C[C@H]2[C@@H]3CCC4=CC(=O)C=C[C@]4(C)[C@@]3(F)[C@@H](O)C[C@]2(C)[C@@]1(O)C(=O)CO.Nc1nc2c(ncn2COC(CO)CO)c(=O)[nH]1. The highest BCUT2D eigenvalue weighted by Gasteiger charge is 2.75. The van der Waals surface area contributed by atoms with E-state index in [0.717, 1.165) is 0 Å². The number of anilines is 1. The third kappa shape index (κ3) is 4.86. The van der Waals surface area contributed by atoms with Crippen LogP contribution in [0.4, 0.5) is 10.3 Å². The summed E-state index contributed by atoms with van der Waals surface area (Å²) in [6.07, 6.45) is 5.12. The van der Waals surface area contributed by atoms with Gasteiger partial charge in [0, 0.05) is 16.7 Å². The summed E-state index contributed by atoms with van der Waals surface area (Å²) in [7, 11) is 0. The molecule has 8 N–H and O–H groups in total. The van der Waals surface area contributed by atoms with E-state index in [9.17, 15) is 29.7 Å². The van der Waals surface area contributed by atoms with E-state index in [4.69, 9.17) is 20.7 Å². The topological polar surface area (TPSA) is 234 Å². The molecule has 0 amide bonds. The molecular weight excluding hydrogens is 605 g/mol. The number of imidazole rings is 1. The third-order valence-electron chi connectivity index (χ3n) is 11.1. The molecule has 2 heterocycles. The van der Waals surface area contributed by atoms with Gasteiger partial charge in [-0.3, -0.25) is 23.9 Å². The van der Waals surface area contributed by atoms with E-state index in [1.165, 1.54) is 23.0 Å². The number of allylic oxidation sites excluding steroid dienone is 4. The quantitative estimate of drug-likeness (QED) is 0.209. The molecule has 3 fully saturated rings. The molecule has 6 rings (SSSR count). The average molecular weight is 648 g/mol. The lowest BCUT2D eigenvalue weighted by molar-refractivity contribution is -0.219. The van der Waals surface area contributed by atoms with E-state index in [2.05, 4.69) is 15.0 Å². The van der Waals surface area contributed by atoms with Crippen LogP contribution in [0.25, 0.3) is 11.2 Å². The zero-order valence-electron chi connectivity index (χ0n) is 26.0. The summed E-state index contributed by atoms with van der Waals surface area (Å²) in [6, 6.07) is 0. The second kappa shape index (κ2) is 12.0. The van der Waals surface area contributed by atoms with Crippen LogP contribution in [-0.2, 0) is 21.1 Å². The molecule has 2 aromatic rings. The number of hydrogen-bond donors (Lipinski definition) is 7. The molecule has 0 radical (unpaired) electrons. The average Bonchev–Trinajstić information content (AvgIpc) is 3.51. The number of nitrogens with zero attached hydrogens (tertiary/aromatic N) is 3. The van der Waals surface area contributed by atoms with Gasteiger partial charge in [-0.25, -0.2) is 9.37 Å². The van der Waals surface area contributed by atoms with Gasteiger partial charge in [0.2, 0.25) is 5.95 Å². The van der Waals surface area contributed by atoms with Crippen LogP contribution in [0, 0.1) is 28.6 Å². The van der Waals surface area contributed by atoms with Gasteiger partial charge in [0.05, 0.1) is 25.6 Å². The van der Waals surface area contributed by atoms with Crippen molar-refractivity contribution >= 4 is 28.7 Å². The van der Waals surface area contributed by atoms with Crippen LogP contribution in [0.2, 0.25) is 0 Å². The van der Waals surface area contributed by atoms with E-state index in [1.807, 2.05) is 0 Å². The highest BCUT2D eigenvalue weighted by molar-refractivity contribution is 6.01. The fourth-order valence-corrected chi connectivity index (χ4v) is 8.68. The zero-order valence-corrected chi connectivity index (χ0v) is 26.0. The van der Waals surface area contributed by atoms with E-state index in [0.29, 0.717) is 24.8 Å². The largest absolute Gasteiger partial charge is 0.394 e. The molecule has 4 aliphatic rings. The van der Waals surface area contributed by atoms with Crippen LogP contribution in [0.5, 0.6) is 0 Å². The number of nitrogens with two attached hydrogens (primary N) is 1. The molecule has 2 aromatic heterocycles.